The van der Waals surface area contributed by atoms with Crippen molar-refractivity contribution in [3.05, 3.63) is 0 Å². The molecule has 0 aliphatic heterocycles. The number of hydrogen-bond acceptors (Lipinski definition) is 2. The molecule has 0 bridgehead atoms. The van der Waals surface area contributed by atoms with E-state index >= 15 is 0 Å². The van der Waals surface area contributed by atoms with Crippen LogP contribution in [-0.4, -0.2) is 69.6 Å². The van der Waals surface area contributed by atoms with E-state index in [9.17, 15) is 0 Å². The van der Waals surface area contributed by atoms with Gasteiger partial charge in [0.2, 0.25) is 0 Å². The van der Waals surface area contributed by atoms with Crippen molar-refractivity contribution >= 4 is 27.8 Å². The van der Waals surface area contributed by atoms with E-state index in [-0.39, 0.29) is 16.1 Å². The predicted octanol–water partition coefficient (Wildman–Crippen LogP) is 11.5. The summed E-state index contributed by atoms with van der Waals surface area (Å²) in [5, 5.41) is 0. The normalized spacial score (nSPS) is 24.2. The van der Waals surface area contributed by atoms with E-state index in [0.717, 1.165) is 35.5 Å². The topological polar surface area (TPSA) is 6.48 Å². The van der Waals surface area contributed by atoms with E-state index in [1.807, 2.05) is 0 Å². The second-order valence-electron chi connectivity index (χ2n) is 15.1. The van der Waals surface area contributed by atoms with Gasteiger partial charge in [0.15, 0.2) is 0 Å². The number of hydrogen-bond donors (Lipinski definition) is 0. The zero-order valence-electron chi connectivity index (χ0n) is 27.3. The molecule has 0 aromatic rings. The van der Waals surface area contributed by atoms with Crippen molar-refractivity contribution in [1.82, 2.24) is 9.34 Å². The molecule has 4 aliphatic carbocycles. The highest BCUT2D eigenvalue weighted by atomic mass is 31.2. The van der Waals surface area contributed by atoms with Crippen LogP contribution in [0.4, 0.5) is 0 Å². The minimum atomic E-state index is -1.17. The Balaban J connectivity index is 1.93. The lowest BCUT2D eigenvalue weighted by atomic mass is 9.90. The van der Waals surface area contributed by atoms with Crippen LogP contribution in [0.15, 0.2) is 0 Å². The first-order valence-electron chi connectivity index (χ1n) is 17.5. The molecule has 0 spiro atoms. The van der Waals surface area contributed by atoms with Crippen molar-refractivity contribution in [2.45, 2.75) is 192 Å². The molecule has 0 heterocycles. The van der Waals surface area contributed by atoms with Gasteiger partial charge >= 0.3 is 0 Å². The van der Waals surface area contributed by atoms with Crippen molar-refractivity contribution in [3.8, 4) is 0 Å². The summed E-state index contributed by atoms with van der Waals surface area (Å²) in [6.45, 7) is 17.5. The van der Waals surface area contributed by atoms with Crippen LogP contribution in [0.1, 0.15) is 156 Å². The maximum atomic E-state index is 3.41. The standard InChI is InChI=1S/C34H67N2P3/c1-28(2)37(29(3)4)34(39(5,6)7)38(35(30-20-12-8-13-21-30)31-22-14-9-15-23-31)36(32-24-16-10-17-25-32)33-26-18-11-19-27-33/h28-33H,8-27H2,1-7H3. The Morgan fingerprint density at radius 3 is 0.949 bits per heavy atom. The fourth-order valence-corrected chi connectivity index (χ4v) is 23.4. The van der Waals surface area contributed by atoms with Crippen LogP contribution < -0.4 is 0 Å². The van der Waals surface area contributed by atoms with E-state index < -0.39 is 6.89 Å². The summed E-state index contributed by atoms with van der Waals surface area (Å²) in [7, 11) is -0.480. The van der Waals surface area contributed by atoms with Gasteiger partial charge < -0.3 is 0 Å². The molecule has 0 aromatic carbocycles. The zero-order chi connectivity index (χ0) is 28.0. The lowest BCUT2D eigenvalue weighted by Gasteiger charge is -2.57. The van der Waals surface area contributed by atoms with Gasteiger partial charge in [-0.2, -0.15) is 0 Å². The Kier molecular flexibility index (Phi) is 13.3. The monoisotopic (exact) mass is 596 g/mol. The first-order valence-corrected chi connectivity index (χ1v) is 23.4. The first kappa shape index (κ1) is 33.0. The molecular weight excluding hydrogens is 529 g/mol. The molecule has 0 aromatic heterocycles. The molecule has 228 valence electrons. The van der Waals surface area contributed by atoms with Crippen LogP contribution in [0.5, 0.6) is 0 Å². The van der Waals surface area contributed by atoms with Crippen molar-refractivity contribution in [1.29, 1.82) is 0 Å². The van der Waals surface area contributed by atoms with Crippen LogP contribution in [0.2, 0.25) is 0 Å². The van der Waals surface area contributed by atoms with Crippen LogP contribution in [0.25, 0.3) is 0 Å². The highest BCUT2D eigenvalue weighted by molar-refractivity contribution is 8.14. The maximum Gasteiger partial charge on any atom is 0.0740 e. The summed E-state index contributed by atoms with van der Waals surface area (Å²) in [6.07, 6.45) is 29.6. The van der Waals surface area contributed by atoms with Gasteiger partial charge in [-0.05, 0) is 82.7 Å². The quantitative estimate of drug-likeness (QED) is 0.232. The Labute approximate surface area is 248 Å². The Bertz CT molecular complexity index is 673. The minimum Gasteiger partial charge on any atom is -0.260 e. The molecule has 0 saturated heterocycles. The molecule has 4 aliphatic rings. The van der Waals surface area contributed by atoms with Gasteiger partial charge in [-0.25, -0.2) is 0 Å². The van der Waals surface area contributed by atoms with Crippen molar-refractivity contribution in [2.24, 2.45) is 0 Å². The second-order valence-corrected chi connectivity index (χ2v) is 25.9. The lowest BCUT2D eigenvalue weighted by Crippen LogP contribution is -2.51. The minimum absolute atomic E-state index is 0.107. The Hall–Kier alpha value is 1.08. The molecule has 2 nitrogen and oxygen atoms in total. The lowest BCUT2D eigenvalue weighted by molar-refractivity contribution is 0.136. The second kappa shape index (κ2) is 15.7. The highest BCUT2D eigenvalue weighted by Gasteiger charge is 2.47. The molecule has 0 N–H and O–H groups in total. The van der Waals surface area contributed by atoms with E-state index in [4.69, 9.17) is 0 Å². The van der Waals surface area contributed by atoms with Crippen LogP contribution in [0.3, 0.4) is 0 Å². The van der Waals surface area contributed by atoms with E-state index in [2.05, 4.69) is 61.8 Å². The van der Waals surface area contributed by atoms with Crippen LogP contribution >= 0.6 is 23.0 Å². The van der Waals surface area contributed by atoms with Gasteiger partial charge in [0, 0.05) is 28.9 Å². The fourth-order valence-electron chi connectivity index (χ4n) is 8.70. The fraction of sp³-hybridized carbons (Fsp3) is 0.971. The molecule has 0 atom stereocenters. The smallest absolute Gasteiger partial charge is 0.0740 e. The third-order valence-corrected chi connectivity index (χ3v) is 22.8. The molecule has 0 radical (unpaired) electrons. The average Bonchev–Trinajstić information content (AvgIpc) is 2.93. The van der Waals surface area contributed by atoms with Gasteiger partial charge in [0.25, 0.3) is 0 Å². The SMILES string of the molecule is CC(C)P(C(P(N(C1CCCCC1)C1CCCCC1)N(C1CCCCC1)C1CCCCC1)=P(C)(C)C)C(C)C. The third kappa shape index (κ3) is 8.59. The molecule has 5 heteroatoms. The molecule has 0 unspecified atom stereocenters. The summed E-state index contributed by atoms with van der Waals surface area (Å²) in [6, 6.07) is 3.39. The van der Waals surface area contributed by atoms with Gasteiger partial charge in [0.05, 0.1) is 8.22 Å². The summed E-state index contributed by atoms with van der Waals surface area (Å²) in [5.74, 6) is 0. The zero-order valence-corrected chi connectivity index (χ0v) is 30.0. The highest BCUT2D eigenvalue weighted by Crippen LogP contribution is 2.71. The summed E-state index contributed by atoms with van der Waals surface area (Å²) in [5.41, 5.74) is 1.61. The van der Waals surface area contributed by atoms with E-state index in [0.29, 0.717) is 0 Å². The summed E-state index contributed by atoms with van der Waals surface area (Å²) < 4.78 is 9.00. The van der Waals surface area contributed by atoms with Crippen LogP contribution in [-0.2, 0) is 0 Å². The Morgan fingerprint density at radius 2 is 0.744 bits per heavy atom. The summed E-state index contributed by atoms with van der Waals surface area (Å²) >= 11 is 0. The molecule has 39 heavy (non-hydrogen) atoms. The molecule has 4 saturated carbocycles. The van der Waals surface area contributed by atoms with Gasteiger partial charge in [-0.1, -0.05) is 113 Å². The maximum absolute atomic E-state index is 3.41. The number of rotatable bonds is 10. The van der Waals surface area contributed by atoms with Gasteiger partial charge in [0.1, 0.15) is 0 Å². The molecular formula is C34H67N2P3. The number of nitrogens with zero attached hydrogens (tertiary/aromatic N) is 2. The largest absolute Gasteiger partial charge is 0.260 e. The van der Waals surface area contributed by atoms with Crippen molar-refractivity contribution in [3.63, 3.8) is 0 Å². The van der Waals surface area contributed by atoms with E-state index in [1.54, 1.807) is 0 Å². The van der Waals surface area contributed by atoms with Gasteiger partial charge in [-0.3, -0.25) is 9.34 Å². The average molecular weight is 597 g/mol. The predicted molar refractivity (Wildman–Crippen MR) is 185 cm³/mol. The molecule has 4 fully saturated rings. The van der Waals surface area contributed by atoms with Gasteiger partial charge in [-0.15, -0.1) is 6.89 Å². The van der Waals surface area contributed by atoms with Crippen LogP contribution in [0, 0.1) is 0 Å². The summed E-state index contributed by atoms with van der Waals surface area (Å²) in [4.78, 5) is 0. The third-order valence-electron chi connectivity index (χ3n) is 10.4. The molecule has 4 rings (SSSR count). The van der Waals surface area contributed by atoms with Crippen molar-refractivity contribution < 1.29 is 0 Å². The molecule has 0 amide bonds. The first-order chi connectivity index (χ1) is 18.7. The van der Waals surface area contributed by atoms with Crippen molar-refractivity contribution in [2.75, 3.05) is 20.0 Å². The Morgan fingerprint density at radius 1 is 0.487 bits per heavy atom. The van der Waals surface area contributed by atoms with E-state index in [1.165, 1.54) is 128 Å².